The van der Waals surface area contributed by atoms with Gasteiger partial charge in [0.05, 0.1) is 49.7 Å². The molecule has 2 aromatic heterocycles. The second kappa shape index (κ2) is 9.32. The maximum absolute atomic E-state index is 13.1. The van der Waals surface area contributed by atoms with Gasteiger partial charge in [-0.2, -0.15) is 0 Å². The Kier molecular flexibility index (Phi) is 6.08. The van der Waals surface area contributed by atoms with Gasteiger partial charge in [-0.15, -0.1) is 11.3 Å². The molecule has 10 heteroatoms. The molecule has 0 radical (unpaired) electrons. The van der Waals surface area contributed by atoms with Gasteiger partial charge in [-0.3, -0.25) is 14.7 Å². The lowest BCUT2D eigenvalue weighted by Gasteiger charge is -2.31. The first-order chi connectivity index (χ1) is 16.6. The molecule has 0 atom stereocenters. The molecule has 0 aliphatic carbocycles. The highest BCUT2D eigenvalue weighted by Crippen LogP contribution is 2.38. The SMILES string of the molecule is C=C(Nc1cnccc1N1CCNCC1)c1csc(N2Cc3cc(OC)c(OC)cc3C2=O)n1. The van der Waals surface area contributed by atoms with Crippen LogP contribution in [0.5, 0.6) is 11.5 Å². The van der Waals surface area contributed by atoms with Gasteiger partial charge in [0.1, 0.15) is 0 Å². The van der Waals surface area contributed by atoms with E-state index in [2.05, 4.69) is 27.1 Å². The van der Waals surface area contributed by atoms with Crippen LogP contribution in [0.15, 0.2) is 42.6 Å². The average Bonchev–Trinajstić information content (AvgIpc) is 3.49. The number of nitrogens with zero attached hydrogens (tertiary/aromatic N) is 4. The van der Waals surface area contributed by atoms with E-state index < -0.39 is 0 Å². The maximum Gasteiger partial charge on any atom is 0.260 e. The number of methoxy groups -OCH3 is 2. The highest BCUT2D eigenvalue weighted by molar-refractivity contribution is 7.14. The van der Waals surface area contributed by atoms with Gasteiger partial charge in [0, 0.05) is 43.3 Å². The topological polar surface area (TPSA) is 91.9 Å². The summed E-state index contributed by atoms with van der Waals surface area (Å²) < 4.78 is 10.7. The van der Waals surface area contributed by atoms with Crippen LogP contribution in [0, 0.1) is 0 Å². The first-order valence-corrected chi connectivity index (χ1v) is 11.8. The highest BCUT2D eigenvalue weighted by atomic mass is 32.1. The molecule has 4 heterocycles. The Labute approximate surface area is 202 Å². The number of pyridine rings is 1. The van der Waals surface area contributed by atoms with Crippen LogP contribution in [0.1, 0.15) is 21.6 Å². The van der Waals surface area contributed by atoms with Crippen LogP contribution < -0.4 is 29.9 Å². The Hall–Kier alpha value is -3.63. The molecule has 0 saturated carbocycles. The predicted octanol–water partition coefficient (Wildman–Crippen LogP) is 3.21. The number of aromatic nitrogens is 2. The minimum Gasteiger partial charge on any atom is -0.493 e. The Bertz CT molecular complexity index is 1240. The lowest BCUT2D eigenvalue weighted by Crippen LogP contribution is -2.43. The third kappa shape index (κ3) is 4.06. The summed E-state index contributed by atoms with van der Waals surface area (Å²) in [6, 6.07) is 5.59. The van der Waals surface area contributed by atoms with Crippen molar-refractivity contribution in [2.24, 2.45) is 0 Å². The van der Waals surface area contributed by atoms with Crippen LogP contribution in [-0.2, 0) is 6.54 Å². The molecule has 1 saturated heterocycles. The van der Waals surface area contributed by atoms with E-state index >= 15 is 0 Å². The molecule has 0 unspecified atom stereocenters. The fraction of sp³-hybridized carbons (Fsp3) is 0.292. The van der Waals surface area contributed by atoms with Crippen molar-refractivity contribution < 1.29 is 14.3 Å². The number of hydrogen-bond acceptors (Lipinski definition) is 9. The summed E-state index contributed by atoms with van der Waals surface area (Å²) in [7, 11) is 3.14. The second-order valence-corrected chi connectivity index (χ2v) is 8.84. The number of ether oxygens (including phenoxy) is 2. The number of anilines is 3. The number of amides is 1. The molecule has 0 bridgehead atoms. The molecule has 2 aliphatic rings. The van der Waals surface area contributed by atoms with Crippen molar-refractivity contribution in [1.29, 1.82) is 0 Å². The van der Waals surface area contributed by atoms with E-state index in [-0.39, 0.29) is 5.91 Å². The van der Waals surface area contributed by atoms with Gasteiger partial charge in [0.25, 0.3) is 5.91 Å². The fourth-order valence-electron chi connectivity index (χ4n) is 4.21. The summed E-state index contributed by atoms with van der Waals surface area (Å²) in [4.78, 5) is 26.1. The van der Waals surface area contributed by atoms with E-state index in [1.807, 2.05) is 17.5 Å². The first-order valence-electron chi connectivity index (χ1n) is 11.0. The largest absolute Gasteiger partial charge is 0.493 e. The van der Waals surface area contributed by atoms with Crippen LogP contribution in [0.4, 0.5) is 16.5 Å². The zero-order valence-electron chi connectivity index (χ0n) is 19.1. The molecule has 1 fully saturated rings. The van der Waals surface area contributed by atoms with Crippen molar-refractivity contribution in [2.75, 3.05) is 55.5 Å². The van der Waals surface area contributed by atoms with Gasteiger partial charge in [0.2, 0.25) is 0 Å². The third-order valence-electron chi connectivity index (χ3n) is 5.99. The Balaban J connectivity index is 1.34. The molecule has 176 valence electrons. The summed E-state index contributed by atoms with van der Waals surface area (Å²) in [6.45, 7) is 8.37. The summed E-state index contributed by atoms with van der Waals surface area (Å²) in [5.41, 5.74) is 4.79. The summed E-state index contributed by atoms with van der Waals surface area (Å²) in [5.74, 6) is 1.03. The highest BCUT2D eigenvalue weighted by Gasteiger charge is 2.32. The molecule has 1 aromatic carbocycles. The number of rotatable bonds is 7. The number of hydrogen-bond donors (Lipinski definition) is 2. The lowest BCUT2D eigenvalue weighted by atomic mass is 10.1. The van der Waals surface area contributed by atoms with Crippen molar-refractivity contribution in [3.8, 4) is 11.5 Å². The molecule has 3 aromatic rings. The van der Waals surface area contributed by atoms with Gasteiger partial charge < -0.3 is 25.0 Å². The number of carbonyl (C=O) groups excluding carboxylic acids is 1. The molecule has 5 rings (SSSR count). The number of thiazole rings is 1. The molecule has 2 N–H and O–H groups in total. The minimum absolute atomic E-state index is 0.108. The number of nitrogens with one attached hydrogen (secondary N) is 2. The Morgan fingerprint density at radius 1 is 1.21 bits per heavy atom. The predicted molar refractivity (Wildman–Crippen MR) is 134 cm³/mol. The summed E-state index contributed by atoms with van der Waals surface area (Å²) in [5, 5.41) is 9.27. The molecular formula is C24H26N6O3S. The van der Waals surface area contributed by atoms with Gasteiger partial charge in [-0.1, -0.05) is 6.58 Å². The van der Waals surface area contributed by atoms with E-state index in [9.17, 15) is 4.79 Å². The van der Waals surface area contributed by atoms with E-state index in [4.69, 9.17) is 14.5 Å². The average molecular weight is 479 g/mol. The van der Waals surface area contributed by atoms with Gasteiger partial charge in [-0.25, -0.2) is 4.98 Å². The molecule has 1 amide bonds. The molecular weight excluding hydrogens is 452 g/mol. The number of carbonyl (C=O) groups is 1. The van der Waals surface area contributed by atoms with Crippen LogP contribution in [0.25, 0.3) is 5.70 Å². The van der Waals surface area contributed by atoms with E-state index in [0.717, 1.165) is 43.1 Å². The standard InChI is InChI=1S/C24H26N6O3S/c1-15(27-18-12-26-5-4-20(18)29-8-6-25-7-9-29)19-14-34-24(28-19)30-13-16-10-21(32-2)22(33-3)11-17(16)23(30)31/h4-5,10-12,14,25,27H,1,6-9,13H2,2-3H3. The van der Waals surface area contributed by atoms with Crippen LogP contribution in [-0.4, -0.2) is 56.3 Å². The zero-order chi connectivity index (χ0) is 23.7. The molecule has 9 nitrogen and oxygen atoms in total. The van der Waals surface area contributed by atoms with Gasteiger partial charge >= 0.3 is 0 Å². The first kappa shape index (κ1) is 22.2. The molecule has 34 heavy (non-hydrogen) atoms. The zero-order valence-corrected chi connectivity index (χ0v) is 19.9. The summed E-state index contributed by atoms with van der Waals surface area (Å²) >= 11 is 1.41. The monoisotopic (exact) mass is 478 g/mol. The van der Waals surface area contributed by atoms with Gasteiger partial charge in [0.15, 0.2) is 16.6 Å². The Morgan fingerprint density at radius 3 is 2.74 bits per heavy atom. The van der Waals surface area contributed by atoms with E-state index in [1.165, 1.54) is 11.3 Å². The second-order valence-electron chi connectivity index (χ2n) is 8.00. The van der Waals surface area contributed by atoms with E-state index in [0.29, 0.717) is 40.1 Å². The third-order valence-corrected chi connectivity index (χ3v) is 6.85. The van der Waals surface area contributed by atoms with Crippen molar-refractivity contribution in [2.45, 2.75) is 6.54 Å². The van der Waals surface area contributed by atoms with E-state index in [1.54, 1.807) is 37.6 Å². The van der Waals surface area contributed by atoms with Gasteiger partial charge in [-0.05, 0) is 23.8 Å². The maximum atomic E-state index is 13.1. The van der Waals surface area contributed by atoms with Crippen LogP contribution in [0.3, 0.4) is 0 Å². The van der Waals surface area contributed by atoms with Crippen LogP contribution >= 0.6 is 11.3 Å². The van der Waals surface area contributed by atoms with Crippen molar-refractivity contribution in [1.82, 2.24) is 15.3 Å². The van der Waals surface area contributed by atoms with Crippen molar-refractivity contribution in [3.05, 3.63) is 59.4 Å². The number of piperazine rings is 1. The van der Waals surface area contributed by atoms with Crippen LogP contribution in [0.2, 0.25) is 0 Å². The lowest BCUT2D eigenvalue weighted by molar-refractivity contribution is 0.0996. The molecule has 0 spiro atoms. The normalized spacial score (nSPS) is 15.3. The Morgan fingerprint density at radius 2 is 1.97 bits per heavy atom. The fourth-order valence-corrected chi connectivity index (χ4v) is 5.05. The molecule has 2 aliphatic heterocycles. The van der Waals surface area contributed by atoms with Crippen molar-refractivity contribution >= 4 is 39.4 Å². The minimum atomic E-state index is -0.108. The quantitative estimate of drug-likeness (QED) is 0.535. The summed E-state index contributed by atoms with van der Waals surface area (Å²) in [6.07, 6.45) is 3.60. The van der Waals surface area contributed by atoms with Crippen molar-refractivity contribution in [3.63, 3.8) is 0 Å². The number of benzene rings is 1. The number of fused-ring (bicyclic) bond motifs is 1. The smallest absolute Gasteiger partial charge is 0.260 e.